The van der Waals surface area contributed by atoms with Gasteiger partial charge in [-0.05, 0) is 12.1 Å². The second-order valence-electron chi connectivity index (χ2n) is 4.82. The van der Waals surface area contributed by atoms with Gasteiger partial charge in [0, 0.05) is 32.7 Å². The summed E-state index contributed by atoms with van der Waals surface area (Å²) in [5.74, 6) is -0.884. The molecule has 0 spiro atoms. The van der Waals surface area contributed by atoms with E-state index in [1.54, 1.807) is 4.90 Å². The van der Waals surface area contributed by atoms with E-state index in [-0.39, 0.29) is 17.6 Å². The highest BCUT2D eigenvalue weighted by molar-refractivity contribution is 5.92. The molecule has 0 unspecified atom stereocenters. The van der Waals surface area contributed by atoms with Gasteiger partial charge in [-0.3, -0.25) is 14.5 Å². The number of amides is 1. The van der Waals surface area contributed by atoms with Crippen LogP contribution in [0.1, 0.15) is 16.9 Å². The number of esters is 1. The number of nitrogens with zero attached hydrogens (tertiary/aromatic N) is 3. The zero-order valence-corrected chi connectivity index (χ0v) is 11.9. The Morgan fingerprint density at radius 1 is 1.29 bits per heavy atom. The first-order chi connectivity index (χ1) is 10.1. The van der Waals surface area contributed by atoms with Crippen molar-refractivity contribution < 1.29 is 18.7 Å². The molecule has 1 fully saturated rings. The first-order valence-electron chi connectivity index (χ1n) is 6.80. The minimum atomic E-state index is -0.459. The van der Waals surface area contributed by atoms with Gasteiger partial charge < -0.3 is 9.64 Å². The van der Waals surface area contributed by atoms with Crippen molar-refractivity contribution in [2.24, 2.45) is 0 Å². The summed E-state index contributed by atoms with van der Waals surface area (Å²) < 4.78 is 17.4. The molecule has 1 aliphatic rings. The van der Waals surface area contributed by atoms with Gasteiger partial charge in [-0.25, -0.2) is 9.37 Å². The van der Waals surface area contributed by atoms with Crippen LogP contribution in [0.2, 0.25) is 0 Å². The van der Waals surface area contributed by atoms with Crippen molar-refractivity contribution in [3.05, 3.63) is 29.8 Å². The molecule has 2 rings (SSSR count). The largest absolute Gasteiger partial charge is 0.469 e. The van der Waals surface area contributed by atoms with Crippen LogP contribution in [0.15, 0.2) is 18.3 Å². The highest BCUT2D eigenvalue weighted by Crippen LogP contribution is 2.08. The van der Waals surface area contributed by atoms with E-state index in [9.17, 15) is 14.0 Å². The van der Waals surface area contributed by atoms with Crippen molar-refractivity contribution >= 4 is 11.9 Å². The van der Waals surface area contributed by atoms with Crippen LogP contribution in [0, 0.1) is 5.82 Å². The Labute approximate surface area is 122 Å². The maximum atomic E-state index is 12.8. The molecule has 6 nitrogen and oxygen atoms in total. The van der Waals surface area contributed by atoms with E-state index in [1.165, 1.54) is 19.2 Å². The van der Waals surface area contributed by atoms with Gasteiger partial charge >= 0.3 is 5.97 Å². The number of halogens is 1. The van der Waals surface area contributed by atoms with Gasteiger partial charge in [0.15, 0.2) is 0 Å². The van der Waals surface area contributed by atoms with Crippen LogP contribution in [0.5, 0.6) is 0 Å². The zero-order chi connectivity index (χ0) is 15.2. The molecule has 1 aliphatic heterocycles. The maximum Gasteiger partial charge on any atom is 0.306 e. The highest BCUT2D eigenvalue weighted by atomic mass is 19.1. The average molecular weight is 295 g/mol. The average Bonchev–Trinajstić information content (AvgIpc) is 2.53. The smallest absolute Gasteiger partial charge is 0.306 e. The molecule has 0 saturated carbocycles. The Bertz CT molecular complexity index is 499. The summed E-state index contributed by atoms with van der Waals surface area (Å²) in [6.45, 7) is 3.16. The lowest BCUT2D eigenvalue weighted by Gasteiger charge is -2.34. The van der Waals surface area contributed by atoms with Crippen molar-refractivity contribution in [3.63, 3.8) is 0 Å². The first kappa shape index (κ1) is 15.4. The third kappa shape index (κ3) is 4.22. The zero-order valence-electron chi connectivity index (χ0n) is 11.9. The number of hydrogen-bond acceptors (Lipinski definition) is 5. The number of methoxy groups -OCH3 is 1. The predicted octanol–water partition coefficient (Wildman–Crippen LogP) is 0.542. The minimum Gasteiger partial charge on any atom is -0.469 e. The molecule has 1 amide bonds. The molecule has 1 saturated heterocycles. The SMILES string of the molecule is COC(=O)CCN1CCN(C(=O)c2ccc(F)cn2)CC1. The lowest BCUT2D eigenvalue weighted by molar-refractivity contribution is -0.141. The fraction of sp³-hybridized carbons (Fsp3) is 0.500. The number of carbonyl (C=O) groups is 2. The summed E-state index contributed by atoms with van der Waals surface area (Å²) in [7, 11) is 1.37. The van der Waals surface area contributed by atoms with Crippen LogP contribution in [0.3, 0.4) is 0 Å². The van der Waals surface area contributed by atoms with Crippen molar-refractivity contribution in [2.75, 3.05) is 39.8 Å². The Kier molecular flexibility index (Phi) is 5.21. The van der Waals surface area contributed by atoms with Crippen LogP contribution in [-0.4, -0.2) is 66.5 Å². The standard InChI is InChI=1S/C14H18FN3O3/c1-21-13(19)4-5-17-6-8-18(9-7-17)14(20)12-3-2-11(15)10-16-12/h2-3,10H,4-9H2,1H3. The number of hydrogen-bond donors (Lipinski definition) is 0. The number of carbonyl (C=O) groups excluding carboxylic acids is 2. The minimum absolute atomic E-state index is 0.192. The molecule has 0 N–H and O–H groups in total. The predicted molar refractivity (Wildman–Crippen MR) is 73.2 cm³/mol. The van der Waals surface area contributed by atoms with Gasteiger partial charge in [-0.15, -0.1) is 0 Å². The van der Waals surface area contributed by atoms with Gasteiger partial charge in [0.05, 0.1) is 19.7 Å². The van der Waals surface area contributed by atoms with Gasteiger partial charge in [-0.2, -0.15) is 0 Å². The van der Waals surface area contributed by atoms with Crippen molar-refractivity contribution in [1.29, 1.82) is 0 Å². The number of ether oxygens (including phenoxy) is 1. The third-order valence-electron chi connectivity index (χ3n) is 3.47. The molecule has 7 heteroatoms. The van der Waals surface area contributed by atoms with Crippen LogP contribution < -0.4 is 0 Å². The second-order valence-corrected chi connectivity index (χ2v) is 4.82. The molecule has 0 aliphatic carbocycles. The molecule has 21 heavy (non-hydrogen) atoms. The number of pyridine rings is 1. The van der Waals surface area contributed by atoms with Gasteiger partial charge in [0.25, 0.3) is 5.91 Å². The molecule has 1 aromatic rings. The normalized spacial score (nSPS) is 15.8. The summed E-state index contributed by atoms with van der Waals surface area (Å²) in [4.78, 5) is 30.9. The van der Waals surface area contributed by atoms with Crippen LogP contribution in [-0.2, 0) is 9.53 Å². The summed E-state index contributed by atoms with van der Waals surface area (Å²) in [6, 6.07) is 2.62. The van der Waals surface area contributed by atoms with Crippen molar-refractivity contribution in [1.82, 2.24) is 14.8 Å². The van der Waals surface area contributed by atoms with E-state index in [1.807, 2.05) is 0 Å². The second kappa shape index (κ2) is 7.12. The molecule has 0 atom stereocenters. The summed E-state index contributed by atoms with van der Waals surface area (Å²) in [5.41, 5.74) is 0.249. The fourth-order valence-electron chi connectivity index (χ4n) is 2.19. The third-order valence-corrected chi connectivity index (χ3v) is 3.47. The summed E-state index contributed by atoms with van der Waals surface area (Å²) in [6.07, 6.45) is 1.39. The van der Waals surface area contributed by atoms with Gasteiger partial charge in [-0.1, -0.05) is 0 Å². The van der Waals surface area contributed by atoms with E-state index >= 15 is 0 Å². The topological polar surface area (TPSA) is 62.7 Å². The van der Waals surface area contributed by atoms with E-state index in [2.05, 4.69) is 14.6 Å². The molecule has 0 aromatic carbocycles. The number of aromatic nitrogens is 1. The monoisotopic (exact) mass is 295 g/mol. The van der Waals surface area contributed by atoms with E-state index < -0.39 is 5.82 Å². The van der Waals surface area contributed by atoms with Crippen molar-refractivity contribution in [3.8, 4) is 0 Å². The number of piperazine rings is 1. The Morgan fingerprint density at radius 3 is 2.57 bits per heavy atom. The first-order valence-corrected chi connectivity index (χ1v) is 6.80. The molecule has 0 radical (unpaired) electrons. The van der Waals surface area contributed by atoms with Crippen LogP contribution >= 0.6 is 0 Å². The Hall–Kier alpha value is -2.02. The molecular weight excluding hydrogens is 277 g/mol. The quantitative estimate of drug-likeness (QED) is 0.759. The molecule has 0 bridgehead atoms. The molecular formula is C14H18FN3O3. The van der Waals surface area contributed by atoms with Crippen molar-refractivity contribution in [2.45, 2.75) is 6.42 Å². The van der Waals surface area contributed by atoms with Crippen LogP contribution in [0.25, 0.3) is 0 Å². The Morgan fingerprint density at radius 2 is 2.00 bits per heavy atom. The maximum absolute atomic E-state index is 12.8. The summed E-state index contributed by atoms with van der Waals surface area (Å²) in [5, 5.41) is 0. The lowest BCUT2D eigenvalue weighted by Crippen LogP contribution is -2.49. The Balaban J connectivity index is 1.82. The van der Waals surface area contributed by atoms with Gasteiger partial charge in [0.1, 0.15) is 11.5 Å². The van der Waals surface area contributed by atoms with E-state index in [4.69, 9.17) is 0 Å². The van der Waals surface area contributed by atoms with E-state index in [0.717, 1.165) is 6.20 Å². The number of rotatable bonds is 4. The molecule has 2 heterocycles. The fourth-order valence-corrected chi connectivity index (χ4v) is 2.19. The summed E-state index contributed by atoms with van der Waals surface area (Å²) >= 11 is 0. The van der Waals surface area contributed by atoms with Gasteiger partial charge in [0.2, 0.25) is 0 Å². The molecule has 114 valence electrons. The molecule has 1 aromatic heterocycles. The van der Waals surface area contributed by atoms with Crippen LogP contribution in [0.4, 0.5) is 4.39 Å². The van der Waals surface area contributed by atoms with E-state index in [0.29, 0.717) is 39.1 Å². The highest BCUT2D eigenvalue weighted by Gasteiger charge is 2.23. The lowest BCUT2D eigenvalue weighted by atomic mass is 10.2.